The fraction of sp³-hybridized carbons (Fsp3) is 0.517. The number of hydrogen-bond acceptors (Lipinski definition) is 3. The Bertz CT molecular complexity index is 1300. The first-order valence-electron chi connectivity index (χ1n) is 13.5. The van der Waals surface area contributed by atoms with Crippen LogP contribution < -0.4 is 0 Å². The number of ether oxygens (including phenoxy) is 1. The predicted octanol–water partition coefficient (Wildman–Crippen LogP) is 7.72. The van der Waals surface area contributed by atoms with Crippen LogP contribution in [-0.4, -0.2) is 58.6 Å². The molecule has 2 atom stereocenters. The van der Waals surface area contributed by atoms with E-state index in [1.165, 1.54) is 32.9 Å². The van der Waals surface area contributed by atoms with Gasteiger partial charge in [0.25, 0.3) is 0 Å². The van der Waals surface area contributed by atoms with Gasteiger partial charge >= 0.3 is 24.5 Å². The van der Waals surface area contributed by atoms with E-state index in [1.807, 2.05) is 0 Å². The summed E-state index contributed by atoms with van der Waals surface area (Å²) in [4.78, 5) is 31.0. The number of nitrogens with zero attached hydrogens (tertiary/aromatic N) is 3. The van der Waals surface area contributed by atoms with Gasteiger partial charge in [0.05, 0.1) is 23.2 Å². The van der Waals surface area contributed by atoms with Crippen LogP contribution in [0.3, 0.4) is 0 Å². The van der Waals surface area contributed by atoms with E-state index in [2.05, 4.69) is 0 Å². The van der Waals surface area contributed by atoms with Crippen molar-refractivity contribution in [2.75, 3.05) is 26.2 Å². The minimum atomic E-state index is -5.02. The summed E-state index contributed by atoms with van der Waals surface area (Å²) in [5, 5.41) is 0. The fourth-order valence-electron chi connectivity index (χ4n) is 5.46. The Morgan fingerprint density at radius 2 is 1.43 bits per heavy atom. The van der Waals surface area contributed by atoms with Gasteiger partial charge in [0, 0.05) is 26.2 Å². The molecule has 2 heterocycles. The SMILES string of the molecule is Cc1cc(F)ccc1C1CN(C(=O)OC(C)(C)C)CCN1C(=O)N1CCCC1c1cc(C(F)(F)F)cc(C(F)(F)F)c1. The number of aryl methyl sites for hydroxylation is 1. The van der Waals surface area contributed by atoms with Gasteiger partial charge < -0.3 is 19.4 Å². The molecule has 230 valence electrons. The Morgan fingerprint density at radius 3 is 1.98 bits per heavy atom. The van der Waals surface area contributed by atoms with Gasteiger partial charge in [-0.3, -0.25) is 0 Å². The molecule has 2 fully saturated rings. The molecule has 6 nitrogen and oxygen atoms in total. The highest BCUT2D eigenvalue weighted by atomic mass is 19.4. The van der Waals surface area contributed by atoms with Crippen molar-refractivity contribution in [1.82, 2.24) is 14.7 Å². The van der Waals surface area contributed by atoms with Crippen LogP contribution in [0.25, 0.3) is 0 Å². The number of halogens is 7. The van der Waals surface area contributed by atoms with Crippen molar-refractivity contribution in [1.29, 1.82) is 0 Å². The number of piperazine rings is 1. The highest BCUT2D eigenvalue weighted by molar-refractivity contribution is 5.77. The van der Waals surface area contributed by atoms with Gasteiger partial charge in [-0.1, -0.05) is 6.07 Å². The molecule has 4 rings (SSSR count). The molecule has 2 aliphatic rings. The summed E-state index contributed by atoms with van der Waals surface area (Å²) in [5.74, 6) is -0.501. The zero-order valence-corrected chi connectivity index (χ0v) is 23.6. The van der Waals surface area contributed by atoms with Crippen molar-refractivity contribution >= 4 is 12.1 Å². The average Bonchev–Trinajstić information content (AvgIpc) is 3.36. The van der Waals surface area contributed by atoms with Crippen LogP contribution in [0.15, 0.2) is 36.4 Å². The second-order valence-electron chi connectivity index (χ2n) is 11.6. The van der Waals surface area contributed by atoms with E-state index in [0.717, 1.165) is 0 Å². The topological polar surface area (TPSA) is 53.1 Å². The zero-order valence-electron chi connectivity index (χ0n) is 23.6. The number of urea groups is 1. The van der Waals surface area contributed by atoms with Crippen molar-refractivity contribution in [3.8, 4) is 0 Å². The fourth-order valence-corrected chi connectivity index (χ4v) is 5.46. The van der Waals surface area contributed by atoms with Gasteiger partial charge in [0.2, 0.25) is 0 Å². The van der Waals surface area contributed by atoms with Crippen molar-refractivity contribution < 1.29 is 45.1 Å². The molecule has 0 bridgehead atoms. The Morgan fingerprint density at radius 1 is 0.833 bits per heavy atom. The number of alkyl halides is 6. The quantitative estimate of drug-likeness (QED) is 0.331. The Kier molecular flexibility index (Phi) is 8.45. The van der Waals surface area contributed by atoms with Crippen LogP contribution in [0.2, 0.25) is 0 Å². The van der Waals surface area contributed by atoms with Gasteiger partial charge in [-0.2, -0.15) is 26.3 Å². The van der Waals surface area contributed by atoms with E-state index in [1.54, 1.807) is 27.7 Å². The third kappa shape index (κ3) is 6.92. The van der Waals surface area contributed by atoms with Crippen LogP contribution in [-0.2, 0) is 17.1 Å². The summed E-state index contributed by atoms with van der Waals surface area (Å²) in [6.07, 6.45) is -10.1. The second kappa shape index (κ2) is 11.3. The van der Waals surface area contributed by atoms with Gasteiger partial charge in [0.15, 0.2) is 0 Å². The highest BCUT2D eigenvalue weighted by Crippen LogP contribution is 2.42. The number of amides is 3. The Labute approximate surface area is 239 Å². The average molecular weight is 604 g/mol. The monoisotopic (exact) mass is 603 g/mol. The third-order valence-electron chi connectivity index (χ3n) is 7.36. The summed E-state index contributed by atoms with van der Waals surface area (Å²) < 4.78 is 101. The van der Waals surface area contributed by atoms with Crippen LogP contribution in [0, 0.1) is 12.7 Å². The molecule has 0 aliphatic carbocycles. The summed E-state index contributed by atoms with van der Waals surface area (Å²) >= 11 is 0. The minimum absolute atomic E-state index is 0.00653. The first-order valence-corrected chi connectivity index (χ1v) is 13.5. The molecule has 2 saturated heterocycles. The maximum atomic E-state index is 14.0. The first-order chi connectivity index (χ1) is 19.3. The van der Waals surface area contributed by atoms with Gasteiger partial charge in [0.1, 0.15) is 11.4 Å². The van der Waals surface area contributed by atoms with Crippen LogP contribution in [0.4, 0.5) is 40.3 Å². The van der Waals surface area contributed by atoms with Crippen molar-refractivity contribution in [3.05, 3.63) is 70.0 Å². The van der Waals surface area contributed by atoms with E-state index in [9.17, 15) is 40.3 Å². The second-order valence-corrected chi connectivity index (χ2v) is 11.6. The molecule has 2 aromatic rings. The number of rotatable bonds is 2. The summed E-state index contributed by atoms with van der Waals surface area (Å²) in [6.45, 7) is 6.97. The molecule has 42 heavy (non-hydrogen) atoms. The lowest BCUT2D eigenvalue weighted by atomic mass is 9.97. The lowest BCUT2D eigenvalue weighted by Crippen LogP contribution is -2.56. The number of carbonyl (C=O) groups is 2. The van der Waals surface area contributed by atoms with Crippen LogP contribution in [0.5, 0.6) is 0 Å². The van der Waals surface area contributed by atoms with Crippen LogP contribution >= 0.6 is 0 Å². The number of likely N-dealkylation sites (tertiary alicyclic amines) is 1. The van der Waals surface area contributed by atoms with E-state index in [4.69, 9.17) is 4.74 Å². The first kappa shape index (κ1) is 31.4. The molecule has 0 spiro atoms. The van der Waals surface area contributed by atoms with E-state index in [-0.39, 0.29) is 44.2 Å². The van der Waals surface area contributed by atoms with Crippen LogP contribution in [0.1, 0.15) is 73.5 Å². The number of hydrogen-bond donors (Lipinski definition) is 0. The van der Waals surface area contributed by atoms with Gasteiger partial charge in [-0.15, -0.1) is 0 Å². The largest absolute Gasteiger partial charge is 0.444 e. The third-order valence-corrected chi connectivity index (χ3v) is 7.36. The molecular formula is C29H32F7N3O3. The minimum Gasteiger partial charge on any atom is -0.444 e. The van der Waals surface area contributed by atoms with Gasteiger partial charge in [-0.25, -0.2) is 14.0 Å². The standard InChI is InChI=1S/C29H32F7N3O3/c1-17-12-21(30)7-8-22(17)24-16-37(26(41)42-27(2,3)4)10-11-39(24)25(40)38-9-5-6-23(38)18-13-19(28(31,32)33)15-20(14-18)29(34,35)36/h7-8,12-15,23-24H,5-6,9-11,16H2,1-4H3. The van der Waals surface area contributed by atoms with Gasteiger partial charge in [-0.05, 0) is 87.6 Å². The number of carbonyl (C=O) groups excluding carboxylic acids is 2. The maximum absolute atomic E-state index is 14.0. The van der Waals surface area contributed by atoms with Crippen molar-refractivity contribution in [3.63, 3.8) is 0 Å². The number of benzene rings is 2. The highest BCUT2D eigenvalue weighted by Gasteiger charge is 2.43. The van der Waals surface area contributed by atoms with Crippen molar-refractivity contribution in [2.45, 2.75) is 70.6 Å². The molecule has 2 aromatic carbocycles. The maximum Gasteiger partial charge on any atom is 0.416 e. The molecule has 0 N–H and O–H groups in total. The molecular weight excluding hydrogens is 571 g/mol. The zero-order chi connectivity index (χ0) is 31.2. The van der Waals surface area contributed by atoms with E-state index >= 15 is 0 Å². The molecule has 2 aliphatic heterocycles. The lowest BCUT2D eigenvalue weighted by molar-refractivity contribution is -0.143. The Hall–Kier alpha value is -3.51. The molecule has 2 unspecified atom stereocenters. The predicted molar refractivity (Wildman–Crippen MR) is 139 cm³/mol. The molecule has 3 amide bonds. The summed E-state index contributed by atoms with van der Waals surface area (Å²) in [7, 11) is 0. The Balaban J connectivity index is 1.69. The lowest BCUT2D eigenvalue weighted by Gasteiger charge is -2.44. The van der Waals surface area contributed by atoms with Crippen molar-refractivity contribution in [2.24, 2.45) is 0 Å². The molecule has 0 aromatic heterocycles. The summed E-state index contributed by atoms with van der Waals surface area (Å²) in [6, 6.07) is 2.99. The molecule has 0 radical (unpaired) electrons. The molecule has 13 heteroatoms. The van der Waals surface area contributed by atoms with E-state index in [0.29, 0.717) is 29.7 Å². The smallest absolute Gasteiger partial charge is 0.416 e. The molecule has 0 saturated carbocycles. The van der Waals surface area contributed by atoms with E-state index < -0.39 is 59.1 Å². The summed E-state index contributed by atoms with van der Waals surface area (Å²) in [5.41, 5.74) is -2.88. The normalized spacial score (nSPS) is 20.2.